The minimum atomic E-state index is -0.532. The first kappa shape index (κ1) is 18.3. The molecule has 1 aliphatic heterocycles. The van der Waals surface area contributed by atoms with E-state index in [-0.39, 0.29) is 18.2 Å². The number of carbonyl (C=O) groups excluding carboxylic acids is 2. The van der Waals surface area contributed by atoms with Crippen molar-refractivity contribution >= 4 is 23.7 Å². The monoisotopic (exact) mass is 364 g/mol. The summed E-state index contributed by atoms with van der Waals surface area (Å²) in [6.07, 6.45) is 1.54. The Balaban J connectivity index is 1.50. The second-order valence-electron chi connectivity index (χ2n) is 6.13. The molecule has 2 amide bonds. The average Bonchev–Trinajstić information content (AvgIpc) is 2.99. The van der Waals surface area contributed by atoms with Crippen molar-refractivity contribution in [3.63, 3.8) is 0 Å². The van der Waals surface area contributed by atoms with E-state index in [1.165, 1.54) is 6.21 Å². The predicted octanol–water partition coefficient (Wildman–Crippen LogP) is 2.23. The van der Waals surface area contributed by atoms with Crippen LogP contribution in [0.2, 0.25) is 0 Å². The second kappa shape index (κ2) is 8.75. The van der Waals surface area contributed by atoms with Crippen LogP contribution in [0, 0.1) is 5.92 Å². The summed E-state index contributed by atoms with van der Waals surface area (Å²) in [5.41, 5.74) is 7.26. The number of nitrogens with zero attached hydrogens (tertiary/aromatic N) is 2. The third kappa shape index (κ3) is 5.24. The van der Waals surface area contributed by atoms with Gasteiger partial charge in [0, 0.05) is 12.1 Å². The van der Waals surface area contributed by atoms with E-state index in [1.54, 1.807) is 6.92 Å². The van der Waals surface area contributed by atoms with E-state index >= 15 is 0 Å². The Labute approximate surface area is 157 Å². The van der Waals surface area contributed by atoms with Gasteiger partial charge >= 0.3 is 0 Å². The second-order valence-corrected chi connectivity index (χ2v) is 6.13. The molecule has 138 valence electrons. The van der Waals surface area contributed by atoms with Gasteiger partial charge in [-0.3, -0.25) is 9.59 Å². The molecule has 1 atom stereocenters. The van der Waals surface area contributed by atoms with Crippen LogP contribution in [-0.2, 0) is 16.2 Å². The highest BCUT2D eigenvalue weighted by Gasteiger charge is 2.28. The lowest BCUT2D eigenvalue weighted by molar-refractivity contribution is -0.127. The summed E-state index contributed by atoms with van der Waals surface area (Å²) in [7, 11) is 0. The van der Waals surface area contributed by atoms with Crippen LogP contribution in [0.3, 0.4) is 0 Å². The average molecular weight is 364 g/mol. The van der Waals surface area contributed by atoms with E-state index in [4.69, 9.17) is 4.74 Å². The van der Waals surface area contributed by atoms with Gasteiger partial charge in [0.15, 0.2) is 0 Å². The maximum Gasteiger partial charge on any atom is 0.249 e. The minimum Gasteiger partial charge on any atom is -0.489 e. The van der Waals surface area contributed by atoms with Crippen molar-refractivity contribution < 1.29 is 14.3 Å². The molecule has 0 bridgehead atoms. The fourth-order valence-corrected chi connectivity index (χ4v) is 2.56. The van der Waals surface area contributed by atoms with Gasteiger partial charge in [0.25, 0.3) is 0 Å². The van der Waals surface area contributed by atoms with Crippen LogP contribution in [-0.4, -0.2) is 23.7 Å². The molecule has 0 fully saturated rings. The molecular formula is C20H20N4O3. The van der Waals surface area contributed by atoms with Gasteiger partial charge in [-0.25, -0.2) is 10.9 Å². The van der Waals surface area contributed by atoms with E-state index in [1.807, 2.05) is 54.6 Å². The maximum absolute atomic E-state index is 11.9. The van der Waals surface area contributed by atoms with Gasteiger partial charge in [-0.15, -0.1) is 0 Å². The SMILES string of the molecule is CC1=NNC(=O)C1CC(=O)N/N=C/c1cccc(OCc2ccccc2)c1. The van der Waals surface area contributed by atoms with Crippen LogP contribution in [0.15, 0.2) is 64.8 Å². The van der Waals surface area contributed by atoms with E-state index in [2.05, 4.69) is 21.1 Å². The van der Waals surface area contributed by atoms with Crippen LogP contribution >= 0.6 is 0 Å². The molecule has 2 aromatic carbocycles. The van der Waals surface area contributed by atoms with E-state index in [0.29, 0.717) is 18.1 Å². The summed E-state index contributed by atoms with van der Waals surface area (Å²) >= 11 is 0. The number of hydrogen-bond donors (Lipinski definition) is 2. The molecule has 0 saturated heterocycles. The Kier molecular flexibility index (Phi) is 5.94. The van der Waals surface area contributed by atoms with Gasteiger partial charge in [0.1, 0.15) is 12.4 Å². The minimum absolute atomic E-state index is 0.0126. The molecule has 3 rings (SSSR count). The quantitative estimate of drug-likeness (QED) is 0.583. The van der Waals surface area contributed by atoms with Crippen LogP contribution in [0.1, 0.15) is 24.5 Å². The highest BCUT2D eigenvalue weighted by molar-refractivity contribution is 6.09. The van der Waals surface area contributed by atoms with Crippen LogP contribution < -0.4 is 15.6 Å². The molecule has 0 spiro atoms. The molecule has 1 unspecified atom stereocenters. The Hall–Kier alpha value is -3.48. The highest BCUT2D eigenvalue weighted by Crippen LogP contribution is 2.14. The van der Waals surface area contributed by atoms with Gasteiger partial charge in [-0.05, 0) is 30.2 Å². The van der Waals surface area contributed by atoms with Gasteiger partial charge in [-0.2, -0.15) is 10.2 Å². The Morgan fingerprint density at radius 2 is 2.07 bits per heavy atom. The standard InChI is InChI=1S/C20H20N4O3/c1-14-18(20(26)24-22-14)11-19(25)23-21-12-16-8-5-9-17(10-16)27-13-15-6-3-2-4-7-15/h2-10,12,18H,11,13H2,1H3,(H,23,25)(H,24,26)/b21-12+. The Morgan fingerprint density at radius 1 is 1.26 bits per heavy atom. The normalized spacial score (nSPS) is 16.1. The van der Waals surface area contributed by atoms with Gasteiger partial charge in [-0.1, -0.05) is 42.5 Å². The van der Waals surface area contributed by atoms with Crippen molar-refractivity contribution in [1.82, 2.24) is 10.9 Å². The van der Waals surface area contributed by atoms with E-state index in [9.17, 15) is 9.59 Å². The van der Waals surface area contributed by atoms with Crippen molar-refractivity contribution in [2.24, 2.45) is 16.1 Å². The van der Waals surface area contributed by atoms with Crippen molar-refractivity contribution in [2.75, 3.05) is 0 Å². The zero-order valence-corrected chi connectivity index (χ0v) is 14.9. The summed E-state index contributed by atoms with van der Waals surface area (Å²) in [5, 5.41) is 7.75. The zero-order chi connectivity index (χ0) is 19.1. The number of hydrazone groups is 2. The molecule has 2 N–H and O–H groups in total. The maximum atomic E-state index is 11.9. The summed E-state index contributed by atoms with van der Waals surface area (Å²) in [6.45, 7) is 2.18. The molecule has 0 aromatic heterocycles. The number of nitrogens with one attached hydrogen (secondary N) is 2. The molecule has 2 aromatic rings. The van der Waals surface area contributed by atoms with Crippen molar-refractivity contribution in [2.45, 2.75) is 20.0 Å². The zero-order valence-electron chi connectivity index (χ0n) is 14.9. The number of benzene rings is 2. The largest absolute Gasteiger partial charge is 0.489 e. The Morgan fingerprint density at radius 3 is 2.81 bits per heavy atom. The van der Waals surface area contributed by atoms with Crippen molar-refractivity contribution in [3.8, 4) is 5.75 Å². The fraction of sp³-hybridized carbons (Fsp3) is 0.200. The Bertz CT molecular complexity index is 878. The van der Waals surface area contributed by atoms with Gasteiger partial charge < -0.3 is 4.74 Å². The molecule has 0 saturated carbocycles. The topological polar surface area (TPSA) is 92.2 Å². The number of ether oxygens (including phenoxy) is 1. The first-order valence-corrected chi connectivity index (χ1v) is 8.54. The molecule has 7 heteroatoms. The summed E-state index contributed by atoms with van der Waals surface area (Å²) in [5.74, 6) is -0.437. The van der Waals surface area contributed by atoms with Crippen LogP contribution in [0.4, 0.5) is 0 Å². The molecule has 7 nitrogen and oxygen atoms in total. The molecule has 27 heavy (non-hydrogen) atoms. The van der Waals surface area contributed by atoms with Crippen molar-refractivity contribution in [1.29, 1.82) is 0 Å². The number of amides is 2. The third-order valence-electron chi connectivity index (χ3n) is 4.06. The summed E-state index contributed by atoms with van der Waals surface area (Å²) in [4.78, 5) is 23.5. The number of carbonyl (C=O) groups is 2. The lowest BCUT2D eigenvalue weighted by atomic mass is 10.0. The number of hydrogen-bond acceptors (Lipinski definition) is 5. The number of rotatable bonds is 7. The highest BCUT2D eigenvalue weighted by atomic mass is 16.5. The molecule has 1 heterocycles. The first-order valence-electron chi connectivity index (χ1n) is 8.54. The lowest BCUT2D eigenvalue weighted by Crippen LogP contribution is -2.29. The predicted molar refractivity (Wildman–Crippen MR) is 102 cm³/mol. The smallest absolute Gasteiger partial charge is 0.249 e. The molecule has 1 aliphatic rings. The summed E-state index contributed by atoms with van der Waals surface area (Å²) in [6, 6.07) is 17.3. The lowest BCUT2D eigenvalue weighted by Gasteiger charge is -2.07. The van der Waals surface area contributed by atoms with Crippen LogP contribution in [0.5, 0.6) is 5.75 Å². The van der Waals surface area contributed by atoms with E-state index in [0.717, 1.165) is 11.1 Å². The van der Waals surface area contributed by atoms with Crippen molar-refractivity contribution in [3.05, 3.63) is 65.7 Å². The molecular weight excluding hydrogens is 344 g/mol. The van der Waals surface area contributed by atoms with Gasteiger partial charge in [0.2, 0.25) is 11.8 Å². The third-order valence-corrected chi connectivity index (χ3v) is 4.06. The summed E-state index contributed by atoms with van der Waals surface area (Å²) < 4.78 is 5.77. The fourth-order valence-electron chi connectivity index (χ4n) is 2.56. The van der Waals surface area contributed by atoms with Crippen LogP contribution in [0.25, 0.3) is 0 Å². The van der Waals surface area contributed by atoms with E-state index < -0.39 is 5.92 Å². The first-order chi connectivity index (χ1) is 13.1. The van der Waals surface area contributed by atoms with Gasteiger partial charge in [0.05, 0.1) is 12.1 Å². The molecule has 0 aliphatic carbocycles. The molecule has 0 radical (unpaired) electrons.